The molecule has 0 aliphatic rings. The zero-order valence-electron chi connectivity index (χ0n) is 9.56. The van der Waals surface area contributed by atoms with Gasteiger partial charge in [0.2, 0.25) is 5.91 Å². The number of carbonyl (C=O) groups excluding carboxylic acids is 1. The van der Waals surface area contributed by atoms with Crippen LogP contribution in [0.1, 0.15) is 19.0 Å². The number of hydrogen-bond acceptors (Lipinski definition) is 6. The van der Waals surface area contributed by atoms with E-state index in [9.17, 15) is 4.79 Å². The lowest BCUT2D eigenvalue weighted by atomic mass is 10.4. The van der Waals surface area contributed by atoms with Crippen LogP contribution in [0.4, 0.5) is 5.00 Å². The van der Waals surface area contributed by atoms with Crippen molar-refractivity contribution >= 4 is 22.4 Å². The molecule has 1 rings (SSSR count). The van der Waals surface area contributed by atoms with Crippen LogP contribution in [-0.2, 0) is 11.3 Å². The molecule has 7 heteroatoms. The van der Waals surface area contributed by atoms with E-state index in [-0.39, 0.29) is 12.5 Å². The van der Waals surface area contributed by atoms with Crippen molar-refractivity contribution in [2.75, 3.05) is 25.5 Å². The number of nitrogens with two attached hydrogens (primary N) is 1. The summed E-state index contributed by atoms with van der Waals surface area (Å²) in [4.78, 5) is 12.5. The maximum absolute atomic E-state index is 10.7. The van der Waals surface area contributed by atoms with Crippen LogP contribution in [0.5, 0.6) is 0 Å². The molecular weight excluding hydrogens is 226 g/mol. The van der Waals surface area contributed by atoms with Gasteiger partial charge in [0.05, 0.1) is 6.54 Å². The van der Waals surface area contributed by atoms with E-state index >= 15 is 0 Å². The molecule has 90 valence electrons. The Hall–Kier alpha value is -1.21. The topological polar surface area (TPSA) is 84.1 Å². The number of hydrogen-bond donors (Lipinski definition) is 2. The summed E-state index contributed by atoms with van der Waals surface area (Å²) in [6.07, 6.45) is 1.05. The number of aromatic nitrogens is 2. The maximum atomic E-state index is 10.7. The fourth-order valence-corrected chi connectivity index (χ4v) is 1.86. The standard InChI is InChI=1S/C9H17N5OS/c1-3-4-11-9-7(12-13-16-9)5-14(2)6-8(10)15/h11H,3-6H2,1-2H3,(H2,10,15). The van der Waals surface area contributed by atoms with Crippen LogP contribution in [-0.4, -0.2) is 40.5 Å². The van der Waals surface area contributed by atoms with Crippen LogP contribution in [0.25, 0.3) is 0 Å². The van der Waals surface area contributed by atoms with Gasteiger partial charge in [0.25, 0.3) is 0 Å². The smallest absolute Gasteiger partial charge is 0.231 e. The van der Waals surface area contributed by atoms with Gasteiger partial charge in [-0.05, 0) is 13.5 Å². The molecule has 0 bridgehead atoms. The average Bonchev–Trinajstić information content (AvgIpc) is 2.61. The van der Waals surface area contributed by atoms with Gasteiger partial charge < -0.3 is 11.1 Å². The molecule has 0 unspecified atom stereocenters. The first kappa shape index (κ1) is 12.9. The van der Waals surface area contributed by atoms with Gasteiger partial charge in [0.15, 0.2) is 0 Å². The largest absolute Gasteiger partial charge is 0.374 e. The van der Waals surface area contributed by atoms with Crippen molar-refractivity contribution in [1.82, 2.24) is 14.5 Å². The summed E-state index contributed by atoms with van der Waals surface area (Å²) in [6.45, 7) is 3.80. The Morgan fingerprint density at radius 1 is 1.62 bits per heavy atom. The molecule has 0 aliphatic heterocycles. The number of likely N-dealkylation sites (N-methyl/N-ethyl adjacent to an activating group) is 1. The molecule has 6 nitrogen and oxygen atoms in total. The normalized spacial score (nSPS) is 10.7. The maximum Gasteiger partial charge on any atom is 0.231 e. The molecule has 0 fully saturated rings. The summed E-state index contributed by atoms with van der Waals surface area (Å²) in [5.41, 5.74) is 5.97. The van der Waals surface area contributed by atoms with Gasteiger partial charge >= 0.3 is 0 Å². The molecule has 3 N–H and O–H groups in total. The van der Waals surface area contributed by atoms with Gasteiger partial charge in [-0.2, -0.15) is 0 Å². The molecule has 16 heavy (non-hydrogen) atoms. The van der Waals surface area contributed by atoms with Gasteiger partial charge in [-0.3, -0.25) is 9.69 Å². The third-order valence-electron chi connectivity index (χ3n) is 1.94. The predicted octanol–water partition coefficient (Wildman–Crippen LogP) is 0.277. The molecule has 1 heterocycles. The molecule has 0 radical (unpaired) electrons. The minimum Gasteiger partial charge on any atom is -0.374 e. The highest BCUT2D eigenvalue weighted by Crippen LogP contribution is 2.18. The number of nitrogens with zero attached hydrogens (tertiary/aromatic N) is 3. The summed E-state index contributed by atoms with van der Waals surface area (Å²) in [7, 11) is 1.83. The summed E-state index contributed by atoms with van der Waals surface area (Å²) >= 11 is 1.34. The number of rotatable bonds is 7. The zero-order chi connectivity index (χ0) is 12.0. The minimum atomic E-state index is -0.339. The van der Waals surface area contributed by atoms with E-state index in [0.29, 0.717) is 6.54 Å². The fraction of sp³-hybridized carbons (Fsp3) is 0.667. The second kappa shape index (κ2) is 6.39. The third kappa shape index (κ3) is 4.11. The van der Waals surface area contributed by atoms with Gasteiger partial charge in [-0.25, -0.2) is 0 Å². The lowest BCUT2D eigenvalue weighted by molar-refractivity contribution is -0.118. The highest BCUT2D eigenvalue weighted by Gasteiger charge is 2.11. The Bertz CT molecular complexity index is 340. The molecule has 1 amide bonds. The van der Waals surface area contributed by atoms with Crippen LogP contribution in [0, 0.1) is 0 Å². The van der Waals surface area contributed by atoms with Crippen molar-refractivity contribution < 1.29 is 4.79 Å². The Morgan fingerprint density at radius 2 is 2.38 bits per heavy atom. The molecule has 0 spiro atoms. The molecular formula is C9H17N5OS. The molecule has 0 saturated carbocycles. The summed E-state index contributed by atoms with van der Waals surface area (Å²) in [5.74, 6) is -0.339. The van der Waals surface area contributed by atoms with Crippen LogP contribution < -0.4 is 11.1 Å². The molecule has 1 aromatic rings. The van der Waals surface area contributed by atoms with Crippen molar-refractivity contribution in [1.29, 1.82) is 0 Å². The van der Waals surface area contributed by atoms with Crippen LogP contribution in [0.2, 0.25) is 0 Å². The predicted molar refractivity (Wildman–Crippen MR) is 64.2 cm³/mol. The van der Waals surface area contributed by atoms with E-state index in [0.717, 1.165) is 23.7 Å². The highest BCUT2D eigenvalue weighted by atomic mass is 32.1. The second-order valence-electron chi connectivity index (χ2n) is 3.61. The van der Waals surface area contributed by atoms with E-state index in [2.05, 4.69) is 21.8 Å². The lowest BCUT2D eigenvalue weighted by Gasteiger charge is -2.13. The Balaban J connectivity index is 2.52. The van der Waals surface area contributed by atoms with Crippen molar-refractivity contribution in [2.24, 2.45) is 5.73 Å². The number of anilines is 1. The highest BCUT2D eigenvalue weighted by molar-refractivity contribution is 7.10. The number of amides is 1. The van der Waals surface area contributed by atoms with Crippen LogP contribution in [0.15, 0.2) is 0 Å². The van der Waals surface area contributed by atoms with Crippen molar-refractivity contribution in [3.8, 4) is 0 Å². The Morgan fingerprint density at radius 3 is 3.00 bits per heavy atom. The van der Waals surface area contributed by atoms with Gasteiger partial charge in [-0.15, -0.1) is 5.10 Å². The first-order valence-electron chi connectivity index (χ1n) is 5.15. The van der Waals surface area contributed by atoms with E-state index in [1.165, 1.54) is 11.5 Å². The summed E-state index contributed by atoms with van der Waals surface area (Å²) in [5, 5.41) is 8.25. The van der Waals surface area contributed by atoms with Crippen molar-refractivity contribution in [2.45, 2.75) is 19.9 Å². The number of primary amides is 1. The van der Waals surface area contributed by atoms with Gasteiger partial charge in [0.1, 0.15) is 10.7 Å². The molecule has 0 atom stereocenters. The first-order valence-corrected chi connectivity index (χ1v) is 5.92. The quantitative estimate of drug-likeness (QED) is 0.718. The van der Waals surface area contributed by atoms with Crippen LogP contribution in [0.3, 0.4) is 0 Å². The molecule has 0 aromatic carbocycles. The average molecular weight is 243 g/mol. The Labute approximate surface area is 99.0 Å². The molecule has 1 aromatic heterocycles. The monoisotopic (exact) mass is 243 g/mol. The number of nitrogens with one attached hydrogen (secondary N) is 1. The first-order chi connectivity index (χ1) is 7.63. The van der Waals surface area contributed by atoms with Gasteiger partial charge in [0, 0.05) is 24.6 Å². The molecule has 0 saturated heterocycles. The lowest BCUT2D eigenvalue weighted by Crippen LogP contribution is -2.30. The van der Waals surface area contributed by atoms with Gasteiger partial charge in [-0.1, -0.05) is 11.4 Å². The minimum absolute atomic E-state index is 0.227. The van der Waals surface area contributed by atoms with E-state index in [4.69, 9.17) is 5.73 Å². The zero-order valence-corrected chi connectivity index (χ0v) is 10.4. The third-order valence-corrected chi connectivity index (χ3v) is 2.66. The SMILES string of the molecule is CCCNc1snnc1CN(C)CC(N)=O. The van der Waals surface area contributed by atoms with Crippen molar-refractivity contribution in [3.63, 3.8) is 0 Å². The summed E-state index contributed by atoms with van der Waals surface area (Å²) in [6, 6.07) is 0. The summed E-state index contributed by atoms with van der Waals surface area (Å²) < 4.78 is 3.89. The Kier molecular flexibility index (Phi) is 5.13. The van der Waals surface area contributed by atoms with Crippen LogP contribution >= 0.6 is 11.5 Å². The molecule has 0 aliphatic carbocycles. The fourth-order valence-electron chi connectivity index (χ4n) is 1.26. The number of carbonyl (C=O) groups is 1. The van der Waals surface area contributed by atoms with Crippen molar-refractivity contribution in [3.05, 3.63) is 5.69 Å². The van der Waals surface area contributed by atoms with E-state index in [1.807, 2.05) is 11.9 Å². The second-order valence-corrected chi connectivity index (χ2v) is 4.37. The van der Waals surface area contributed by atoms with E-state index < -0.39 is 0 Å². The van der Waals surface area contributed by atoms with E-state index in [1.54, 1.807) is 0 Å².